The van der Waals surface area contributed by atoms with Crippen LogP contribution < -0.4 is 0 Å². The molecule has 0 saturated carbocycles. The molecule has 0 atom stereocenters. The number of ether oxygens (including phenoxy) is 3. The molecule has 0 rings (SSSR count). The van der Waals surface area contributed by atoms with Gasteiger partial charge in [0.1, 0.15) is 19.6 Å². The van der Waals surface area contributed by atoms with E-state index >= 15 is 0 Å². The highest BCUT2D eigenvalue weighted by molar-refractivity contribution is 5.90. The summed E-state index contributed by atoms with van der Waals surface area (Å²) in [6.45, 7) is 4.34. The second kappa shape index (κ2) is 9.01. The van der Waals surface area contributed by atoms with Gasteiger partial charge in [0.2, 0.25) is 0 Å². The van der Waals surface area contributed by atoms with Gasteiger partial charge in [-0.15, -0.1) is 0 Å². The fraction of sp³-hybridized carbons (Fsp3) is 0.556. The number of carboxylic acid groups (broad SMARTS) is 1. The van der Waals surface area contributed by atoms with Crippen LogP contribution >= 0.6 is 0 Å². The molecule has 0 radical (unpaired) electrons. The first-order valence-electron chi connectivity index (χ1n) is 4.34. The molecule has 0 bridgehead atoms. The third-order valence-electron chi connectivity index (χ3n) is 1.25. The van der Waals surface area contributed by atoms with Crippen LogP contribution in [-0.4, -0.2) is 43.5 Å². The van der Waals surface area contributed by atoms with Crippen LogP contribution in [0.1, 0.15) is 6.42 Å². The Kier molecular flexibility index (Phi) is 8.08. The molecule has 0 aliphatic rings. The summed E-state index contributed by atoms with van der Waals surface area (Å²) >= 11 is 0. The van der Waals surface area contributed by atoms with Gasteiger partial charge in [0, 0.05) is 0 Å². The maximum atomic E-state index is 10.7. The van der Waals surface area contributed by atoms with Crippen molar-refractivity contribution in [2.45, 2.75) is 6.42 Å². The molecule has 0 aromatic heterocycles. The summed E-state index contributed by atoms with van der Waals surface area (Å²) in [5.74, 6) is -1.98. The lowest BCUT2D eigenvalue weighted by Crippen LogP contribution is -2.14. The van der Waals surface area contributed by atoms with Crippen molar-refractivity contribution >= 4 is 11.9 Å². The molecule has 0 spiro atoms. The van der Waals surface area contributed by atoms with Crippen LogP contribution in [0.4, 0.5) is 0 Å². The number of rotatable bonds is 9. The zero-order chi connectivity index (χ0) is 11.5. The minimum Gasteiger partial charge on any atom is -0.499 e. The van der Waals surface area contributed by atoms with E-state index in [9.17, 15) is 9.59 Å². The van der Waals surface area contributed by atoms with Gasteiger partial charge >= 0.3 is 11.9 Å². The summed E-state index contributed by atoms with van der Waals surface area (Å²) < 4.78 is 14.3. The Morgan fingerprint density at radius 1 is 1.20 bits per heavy atom. The zero-order valence-electron chi connectivity index (χ0n) is 8.31. The molecule has 0 aromatic rings. The summed E-state index contributed by atoms with van der Waals surface area (Å²) in [5, 5.41) is 8.23. The summed E-state index contributed by atoms with van der Waals surface area (Å²) in [6, 6.07) is 0. The van der Waals surface area contributed by atoms with Crippen molar-refractivity contribution in [1.82, 2.24) is 0 Å². The Balaban J connectivity index is 3.20. The topological polar surface area (TPSA) is 82.1 Å². The lowest BCUT2D eigenvalue weighted by Gasteiger charge is -2.04. The van der Waals surface area contributed by atoms with E-state index in [0.29, 0.717) is 13.2 Å². The number of carbonyl (C=O) groups excluding carboxylic acids is 1. The van der Waals surface area contributed by atoms with E-state index in [1.54, 1.807) is 0 Å². The summed E-state index contributed by atoms with van der Waals surface area (Å²) in [4.78, 5) is 20.8. The number of aliphatic carboxylic acids is 1. The molecule has 0 aromatic carbocycles. The van der Waals surface area contributed by atoms with Gasteiger partial charge in [0.05, 0.1) is 19.5 Å². The molecule has 6 heteroatoms. The molecular formula is C9H14O6. The highest BCUT2D eigenvalue weighted by Gasteiger charge is 2.07. The van der Waals surface area contributed by atoms with Crippen LogP contribution in [-0.2, 0) is 23.8 Å². The standard InChI is InChI=1S/C9H14O6/c1-2-13-3-4-14-5-6-15-9(12)7-8(10)11/h2H,1,3-7H2,(H,10,11). The molecule has 0 saturated heterocycles. The molecule has 6 nitrogen and oxygen atoms in total. The van der Waals surface area contributed by atoms with Crippen LogP contribution in [0.5, 0.6) is 0 Å². The molecule has 1 N–H and O–H groups in total. The predicted octanol–water partition coefficient (Wildman–Crippen LogP) is 0.181. The van der Waals surface area contributed by atoms with Gasteiger partial charge < -0.3 is 19.3 Å². The van der Waals surface area contributed by atoms with Crippen molar-refractivity contribution < 1.29 is 28.9 Å². The van der Waals surface area contributed by atoms with E-state index in [4.69, 9.17) is 14.6 Å². The van der Waals surface area contributed by atoms with Crippen LogP contribution in [0.3, 0.4) is 0 Å². The number of esters is 1. The SMILES string of the molecule is C=COCCOCCOC(=O)CC(=O)O. The fourth-order valence-corrected chi connectivity index (χ4v) is 0.681. The normalized spacial score (nSPS) is 9.33. The van der Waals surface area contributed by atoms with E-state index in [1.165, 1.54) is 6.26 Å². The van der Waals surface area contributed by atoms with Gasteiger partial charge in [-0.3, -0.25) is 9.59 Å². The molecule has 0 amide bonds. The van der Waals surface area contributed by atoms with Crippen LogP contribution in [0.2, 0.25) is 0 Å². The smallest absolute Gasteiger partial charge is 0.317 e. The third kappa shape index (κ3) is 10.4. The van der Waals surface area contributed by atoms with E-state index in [2.05, 4.69) is 11.3 Å². The Labute approximate surface area is 87.4 Å². The van der Waals surface area contributed by atoms with E-state index < -0.39 is 18.4 Å². The largest absolute Gasteiger partial charge is 0.499 e. The maximum absolute atomic E-state index is 10.7. The molecule has 0 fully saturated rings. The molecule has 0 aliphatic carbocycles. The minimum atomic E-state index is -1.21. The van der Waals surface area contributed by atoms with Crippen molar-refractivity contribution in [3.05, 3.63) is 12.8 Å². The highest BCUT2D eigenvalue weighted by atomic mass is 16.6. The van der Waals surface area contributed by atoms with Crippen LogP contribution in [0.25, 0.3) is 0 Å². The molecule has 86 valence electrons. The number of hydrogen-bond acceptors (Lipinski definition) is 5. The lowest BCUT2D eigenvalue weighted by molar-refractivity contribution is -0.152. The average molecular weight is 218 g/mol. The highest BCUT2D eigenvalue weighted by Crippen LogP contribution is 1.87. The van der Waals surface area contributed by atoms with E-state index in [0.717, 1.165) is 0 Å². The summed E-state index contributed by atoms with van der Waals surface area (Å²) in [6.07, 6.45) is 0.676. The molecule has 15 heavy (non-hydrogen) atoms. The van der Waals surface area contributed by atoms with Crippen molar-refractivity contribution in [3.8, 4) is 0 Å². The third-order valence-corrected chi connectivity index (χ3v) is 1.25. The van der Waals surface area contributed by atoms with Gasteiger partial charge in [0.25, 0.3) is 0 Å². The van der Waals surface area contributed by atoms with Crippen molar-refractivity contribution in [3.63, 3.8) is 0 Å². The monoisotopic (exact) mass is 218 g/mol. The lowest BCUT2D eigenvalue weighted by atomic mass is 10.4. The zero-order valence-corrected chi connectivity index (χ0v) is 8.31. The predicted molar refractivity (Wildman–Crippen MR) is 50.2 cm³/mol. The van der Waals surface area contributed by atoms with Gasteiger partial charge in [0.15, 0.2) is 0 Å². The first-order valence-corrected chi connectivity index (χ1v) is 4.34. The fourth-order valence-electron chi connectivity index (χ4n) is 0.681. The van der Waals surface area contributed by atoms with Gasteiger partial charge in [-0.1, -0.05) is 6.58 Å². The Hall–Kier alpha value is -1.56. The first kappa shape index (κ1) is 13.4. The maximum Gasteiger partial charge on any atom is 0.317 e. The Bertz CT molecular complexity index is 213. The summed E-state index contributed by atoms with van der Waals surface area (Å²) in [5.41, 5.74) is 0. The van der Waals surface area contributed by atoms with Gasteiger partial charge in [-0.05, 0) is 0 Å². The average Bonchev–Trinajstić information content (AvgIpc) is 2.15. The van der Waals surface area contributed by atoms with Crippen LogP contribution in [0.15, 0.2) is 12.8 Å². The van der Waals surface area contributed by atoms with E-state index in [-0.39, 0.29) is 13.2 Å². The molecule has 0 unspecified atom stereocenters. The van der Waals surface area contributed by atoms with Crippen LogP contribution in [0, 0.1) is 0 Å². The van der Waals surface area contributed by atoms with Crippen molar-refractivity contribution in [2.24, 2.45) is 0 Å². The van der Waals surface area contributed by atoms with Crippen molar-refractivity contribution in [2.75, 3.05) is 26.4 Å². The van der Waals surface area contributed by atoms with E-state index in [1.807, 2.05) is 0 Å². The Morgan fingerprint density at radius 2 is 1.87 bits per heavy atom. The quantitative estimate of drug-likeness (QED) is 0.257. The Morgan fingerprint density at radius 3 is 2.47 bits per heavy atom. The van der Waals surface area contributed by atoms with Crippen molar-refractivity contribution in [1.29, 1.82) is 0 Å². The number of carbonyl (C=O) groups is 2. The van der Waals surface area contributed by atoms with Gasteiger partial charge in [-0.25, -0.2) is 0 Å². The summed E-state index contributed by atoms with van der Waals surface area (Å²) in [7, 11) is 0. The number of carboxylic acids is 1. The number of hydrogen-bond donors (Lipinski definition) is 1. The second-order valence-corrected chi connectivity index (χ2v) is 2.44. The first-order chi connectivity index (χ1) is 7.16. The molecule has 0 aliphatic heterocycles. The minimum absolute atomic E-state index is 0.0419. The van der Waals surface area contributed by atoms with Gasteiger partial charge in [-0.2, -0.15) is 0 Å². The molecule has 0 heterocycles. The molecular weight excluding hydrogens is 204 g/mol. The second-order valence-electron chi connectivity index (χ2n) is 2.44.